The highest BCUT2D eigenvalue weighted by atomic mass is 16.5. The van der Waals surface area contributed by atoms with E-state index in [-0.39, 0.29) is 23.8 Å². The molecule has 52 heavy (non-hydrogen) atoms. The van der Waals surface area contributed by atoms with Crippen LogP contribution in [0.15, 0.2) is 0 Å². The molecule has 0 aliphatic rings. The number of nitrogens with one attached hydrogen (secondary N) is 1. The Labute approximate surface area is 325 Å². The minimum Gasteiger partial charge on any atom is -0.465 e. The fourth-order valence-corrected chi connectivity index (χ4v) is 7.22. The summed E-state index contributed by atoms with van der Waals surface area (Å²) in [6.45, 7) is 14.6. The van der Waals surface area contributed by atoms with Crippen molar-refractivity contribution in [3.8, 4) is 0 Å². The Morgan fingerprint density at radius 1 is 0.462 bits per heavy atom. The zero-order chi connectivity index (χ0) is 38.2. The number of carbonyl (C=O) groups is 2. The van der Waals surface area contributed by atoms with Gasteiger partial charge in [0.2, 0.25) is 0 Å². The first-order chi connectivity index (χ1) is 25.5. The maximum atomic E-state index is 12.9. The van der Waals surface area contributed by atoms with Crippen LogP contribution in [0.25, 0.3) is 0 Å². The Morgan fingerprint density at radius 2 is 0.827 bits per heavy atom. The monoisotopic (exact) mass is 737 g/mol. The van der Waals surface area contributed by atoms with Crippen LogP contribution in [0.5, 0.6) is 0 Å². The highest BCUT2D eigenvalue weighted by Crippen LogP contribution is 2.21. The Kier molecular flexibility index (Phi) is 40.1. The van der Waals surface area contributed by atoms with Crippen LogP contribution >= 0.6 is 0 Å². The third-order valence-electron chi connectivity index (χ3n) is 10.9. The molecule has 0 fully saturated rings. The summed E-state index contributed by atoms with van der Waals surface area (Å²) in [6, 6.07) is 0. The molecule has 0 amide bonds. The molecule has 2 atom stereocenters. The van der Waals surface area contributed by atoms with E-state index in [2.05, 4.69) is 38.0 Å². The van der Waals surface area contributed by atoms with Crippen LogP contribution < -0.4 is 5.32 Å². The molecule has 0 saturated carbocycles. The SMILES string of the molecule is CCCCCCCCC(CCCCCC)C(=O)OCCCCCCCCCN(CCCCCCCCCOC(=O)C(C)CCCCCC)CCNC. The Hall–Kier alpha value is -1.14. The standard InChI is InChI=1S/C46H92N2O4/c1-6-9-12-15-22-29-36-44(35-28-14-11-8-3)46(50)52-42-33-26-21-17-19-24-31-39-48(40-37-47-5)38-30-23-18-16-20-25-32-41-51-45(49)43(4)34-27-13-10-7-2/h43-44,47H,6-42H2,1-5H3. The smallest absolute Gasteiger partial charge is 0.308 e. The molecule has 0 aliphatic heterocycles. The van der Waals surface area contributed by atoms with Crippen molar-refractivity contribution in [2.24, 2.45) is 11.8 Å². The Balaban J connectivity index is 3.91. The van der Waals surface area contributed by atoms with Crippen LogP contribution in [0.2, 0.25) is 0 Å². The van der Waals surface area contributed by atoms with Gasteiger partial charge in [0.05, 0.1) is 25.0 Å². The molecule has 0 bridgehead atoms. The highest BCUT2D eigenvalue weighted by molar-refractivity contribution is 5.72. The molecule has 1 N–H and O–H groups in total. The average molecular weight is 737 g/mol. The van der Waals surface area contributed by atoms with E-state index >= 15 is 0 Å². The Morgan fingerprint density at radius 3 is 1.29 bits per heavy atom. The molecule has 2 unspecified atom stereocenters. The van der Waals surface area contributed by atoms with Crippen LogP contribution in [-0.2, 0) is 19.1 Å². The fraction of sp³-hybridized carbons (Fsp3) is 0.957. The van der Waals surface area contributed by atoms with Gasteiger partial charge in [-0.3, -0.25) is 9.59 Å². The number of hydrogen-bond acceptors (Lipinski definition) is 6. The molecule has 0 rings (SSSR count). The van der Waals surface area contributed by atoms with Gasteiger partial charge in [0.25, 0.3) is 0 Å². The van der Waals surface area contributed by atoms with Crippen molar-refractivity contribution in [3.63, 3.8) is 0 Å². The molecule has 0 aliphatic carbocycles. The van der Waals surface area contributed by atoms with Crippen LogP contribution in [0.3, 0.4) is 0 Å². The molecule has 6 nitrogen and oxygen atoms in total. The summed E-state index contributed by atoms with van der Waals surface area (Å²) in [5.74, 6) is 0.250. The topological polar surface area (TPSA) is 67.9 Å². The van der Waals surface area contributed by atoms with E-state index in [9.17, 15) is 9.59 Å². The van der Waals surface area contributed by atoms with Gasteiger partial charge in [0, 0.05) is 13.1 Å². The van der Waals surface area contributed by atoms with Gasteiger partial charge in [-0.1, -0.05) is 182 Å². The normalized spacial score (nSPS) is 12.7. The maximum Gasteiger partial charge on any atom is 0.308 e. The minimum absolute atomic E-state index is 0.000651. The van der Waals surface area contributed by atoms with Crippen molar-refractivity contribution in [1.82, 2.24) is 10.2 Å². The molecule has 310 valence electrons. The molecule has 0 saturated heterocycles. The van der Waals surface area contributed by atoms with E-state index in [0.29, 0.717) is 13.2 Å². The molecule has 0 aromatic heterocycles. The molecule has 0 radical (unpaired) electrons. The molecule has 0 aromatic rings. The Bertz CT molecular complexity index is 748. The summed E-state index contributed by atoms with van der Waals surface area (Å²) in [6.07, 6.45) is 37.8. The molecule has 0 aromatic carbocycles. The lowest BCUT2D eigenvalue weighted by Crippen LogP contribution is -2.32. The molecular formula is C46H92N2O4. The van der Waals surface area contributed by atoms with Gasteiger partial charge < -0.3 is 19.7 Å². The molecule has 6 heteroatoms. The van der Waals surface area contributed by atoms with Crippen LogP contribution in [0.4, 0.5) is 0 Å². The lowest BCUT2D eigenvalue weighted by Gasteiger charge is -2.22. The predicted octanol–water partition coefficient (Wildman–Crippen LogP) is 13.0. The molecule has 0 spiro atoms. The number of hydrogen-bond donors (Lipinski definition) is 1. The van der Waals surface area contributed by atoms with Crippen LogP contribution in [-0.4, -0.2) is 63.3 Å². The lowest BCUT2D eigenvalue weighted by molar-refractivity contribution is -0.149. The van der Waals surface area contributed by atoms with Crippen molar-refractivity contribution in [2.75, 3.05) is 46.4 Å². The van der Waals surface area contributed by atoms with E-state index in [4.69, 9.17) is 9.47 Å². The average Bonchev–Trinajstić information content (AvgIpc) is 3.15. The number of nitrogens with zero attached hydrogens (tertiary/aromatic N) is 1. The van der Waals surface area contributed by atoms with Crippen molar-refractivity contribution in [2.45, 2.75) is 227 Å². The quantitative estimate of drug-likeness (QED) is 0.0497. The number of carbonyl (C=O) groups excluding carboxylic acids is 2. The van der Waals surface area contributed by atoms with Gasteiger partial charge in [-0.15, -0.1) is 0 Å². The van der Waals surface area contributed by atoms with E-state index in [1.165, 1.54) is 174 Å². The zero-order valence-corrected chi connectivity index (χ0v) is 35.9. The number of likely N-dealkylation sites (N-methyl/N-ethyl adjacent to an activating group) is 1. The minimum atomic E-state index is 0.000651. The summed E-state index contributed by atoms with van der Waals surface area (Å²) in [5.41, 5.74) is 0. The predicted molar refractivity (Wildman–Crippen MR) is 225 cm³/mol. The summed E-state index contributed by atoms with van der Waals surface area (Å²) in [4.78, 5) is 27.7. The van der Waals surface area contributed by atoms with Gasteiger partial charge in [0.1, 0.15) is 0 Å². The summed E-state index contributed by atoms with van der Waals surface area (Å²) in [5, 5.41) is 3.33. The second kappa shape index (κ2) is 41.0. The van der Waals surface area contributed by atoms with Gasteiger partial charge in [-0.25, -0.2) is 0 Å². The number of rotatable bonds is 42. The third-order valence-corrected chi connectivity index (χ3v) is 10.9. The van der Waals surface area contributed by atoms with Crippen molar-refractivity contribution in [1.29, 1.82) is 0 Å². The van der Waals surface area contributed by atoms with Crippen LogP contribution in [0.1, 0.15) is 227 Å². The van der Waals surface area contributed by atoms with E-state index < -0.39 is 0 Å². The number of ether oxygens (including phenoxy) is 2. The first-order valence-corrected chi connectivity index (χ1v) is 23.2. The third kappa shape index (κ3) is 34.6. The van der Waals surface area contributed by atoms with Gasteiger partial charge >= 0.3 is 11.9 Å². The summed E-state index contributed by atoms with van der Waals surface area (Å²) < 4.78 is 11.3. The van der Waals surface area contributed by atoms with Gasteiger partial charge in [-0.2, -0.15) is 0 Å². The van der Waals surface area contributed by atoms with Crippen molar-refractivity contribution >= 4 is 11.9 Å². The molecule has 0 heterocycles. The zero-order valence-electron chi connectivity index (χ0n) is 35.9. The second-order valence-electron chi connectivity index (χ2n) is 16.1. The number of esters is 2. The summed E-state index contributed by atoms with van der Waals surface area (Å²) in [7, 11) is 2.05. The summed E-state index contributed by atoms with van der Waals surface area (Å²) >= 11 is 0. The van der Waals surface area contributed by atoms with E-state index in [0.717, 1.165) is 51.6 Å². The number of unbranched alkanes of at least 4 members (excludes halogenated alkanes) is 23. The van der Waals surface area contributed by atoms with E-state index in [1.54, 1.807) is 0 Å². The maximum absolute atomic E-state index is 12.9. The second-order valence-corrected chi connectivity index (χ2v) is 16.1. The molecular weight excluding hydrogens is 645 g/mol. The van der Waals surface area contributed by atoms with Crippen molar-refractivity contribution < 1.29 is 19.1 Å². The fourth-order valence-electron chi connectivity index (χ4n) is 7.22. The van der Waals surface area contributed by atoms with Crippen molar-refractivity contribution in [3.05, 3.63) is 0 Å². The van der Waals surface area contributed by atoms with Gasteiger partial charge in [-0.05, 0) is 65.1 Å². The lowest BCUT2D eigenvalue weighted by atomic mass is 9.94. The van der Waals surface area contributed by atoms with Crippen LogP contribution in [0, 0.1) is 11.8 Å². The first kappa shape index (κ1) is 50.9. The van der Waals surface area contributed by atoms with Gasteiger partial charge in [0.15, 0.2) is 0 Å². The largest absolute Gasteiger partial charge is 0.465 e. The van der Waals surface area contributed by atoms with E-state index in [1.807, 2.05) is 6.92 Å². The first-order valence-electron chi connectivity index (χ1n) is 23.2. The highest BCUT2D eigenvalue weighted by Gasteiger charge is 2.19.